The summed E-state index contributed by atoms with van der Waals surface area (Å²) in [6, 6.07) is 21.1. The highest BCUT2D eigenvalue weighted by atomic mass is 15.2. The zero-order valence-corrected chi connectivity index (χ0v) is 15.8. The first-order chi connectivity index (χ1) is 13.3. The molecule has 4 nitrogen and oxygen atoms in total. The molecule has 1 saturated carbocycles. The molecule has 0 aliphatic heterocycles. The largest absolute Gasteiger partial charge is 0.357 e. The van der Waals surface area contributed by atoms with Gasteiger partial charge in [-0.1, -0.05) is 54.6 Å². The number of nitrogens with one attached hydrogen (secondary N) is 2. The molecule has 1 fully saturated rings. The molecule has 138 valence electrons. The predicted molar refractivity (Wildman–Crippen MR) is 112 cm³/mol. The first kappa shape index (κ1) is 17.5. The summed E-state index contributed by atoms with van der Waals surface area (Å²) in [5, 5.41) is 8.09. The molecule has 0 spiro atoms. The molecule has 0 amide bonds. The van der Waals surface area contributed by atoms with Crippen LogP contribution >= 0.6 is 0 Å². The number of rotatable bonds is 6. The van der Waals surface area contributed by atoms with Crippen molar-refractivity contribution in [2.24, 2.45) is 4.99 Å². The molecule has 0 bridgehead atoms. The second-order valence-electron chi connectivity index (χ2n) is 7.19. The van der Waals surface area contributed by atoms with Gasteiger partial charge < -0.3 is 10.6 Å². The third-order valence-corrected chi connectivity index (χ3v) is 5.30. The molecule has 2 aromatic carbocycles. The number of guanidine groups is 1. The highest BCUT2D eigenvalue weighted by Gasteiger charge is 2.43. The van der Waals surface area contributed by atoms with Gasteiger partial charge in [-0.25, -0.2) is 4.99 Å². The van der Waals surface area contributed by atoms with E-state index in [1.165, 1.54) is 18.4 Å². The van der Waals surface area contributed by atoms with Crippen molar-refractivity contribution in [2.45, 2.75) is 31.7 Å². The molecule has 27 heavy (non-hydrogen) atoms. The smallest absolute Gasteiger partial charge is 0.191 e. The fourth-order valence-electron chi connectivity index (χ4n) is 3.56. The predicted octanol–water partition coefficient (Wildman–Crippen LogP) is 4.02. The summed E-state index contributed by atoms with van der Waals surface area (Å²) >= 11 is 0. The van der Waals surface area contributed by atoms with Crippen LogP contribution in [0.1, 0.15) is 30.9 Å². The van der Waals surface area contributed by atoms with Gasteiger partial charge in [-0.15, -0.1) is 0 Å². The Morgan fingerprint density at radius 3 is 2.59 bits per heavy atom. The van der Waals surface area contributed by atoms with E-state index in [-0.39, 0.29) is 5.41 Å². The zero-order chi connectivity index (χ0) is 18.5. The second-order valence-corrected chi connectivity index (χ2v) is 7.19. The van der Waals surface area contributed by atoms with Gasteiger partial charge in [-0.2, -0.15) is 0 Å². The van der Waals surface area contributed by atoms with E-state index in [2.05, 4.69) is 77.1 Å². The minimum atomic E-state index is 0.262. The molecule has 0 radical (unpaired) electrons. The van der Waals surface area contributed by atoms with Crippen LogP contribution in [0.25, 0.3) is 10.9 Å². The van der Waals surface area contributed by atoms with Crippen molar-refractivity contribution < 1.29 is 0 Å². The number of hydrogen-bond donors (Lipinski definition) is 2. The second kappa shape index (κ2) is 7.78. The Bertz CT molecular complexity index is 924. The van der Waals surface area contributed by atoms with Gasteiger partial charge in [0.05, 0.1) is 12.1 Å². The topological polar surface area (TPSA) is 49.3 Å². The lowest BCUT2D eigenvalue weighted by Gasteiger charge is -2.19. The molecule has 1 aliphatic carbocycles. The average molecular weight is 358 g/mol. The first-order valence-electron chi connectivity index (χ1n) is 9.71. The molecule has 4 rings (SSSR count). The molecule has 1 aromatic heterocycles. The lowest BCUT2D eigenvalue weighted by molar-refractivity contribution is 0.646. The Morgan fingerprint density at radius 1 is 1.00 bits per heavy atom. The van der Waals surface area contributed by atoms with Gasteiger partial charge in [0.25, 0.3) is 0 Å². The van der Waals surface area contributed by atoms with Gasteiger partial charge in [-0.05, 0) is 37.0 Å². The molecular weight excluding hydrogens is 332 g/mol. The maximum atomic E-state index is 4.81. The van der Waals surface area contributed by atoms with Crippen LogP contribution in [0.3, 0.4) is 0 Å². The summed E-state index contributed by atoms with van der Waals surface area (Å²) in [6.45, 7) is 4.47. The quantitative estimate of drug-likeness (QED) is 0.517. The number of aromatic nitrogens is 1. The lowest BCUT2D eigenvalue weighted by atomic mass is 9.96. The molecule has 1 heterocycles. The van der Waals surface area contributed by atoms with Gasteiger partial charge >= 0.3 is 0 Å². The molecule has 3 aromatic rings. The van der Waals surface area contributed by atoms with Crippen LogP contribution in [-0.4, -0.2) is 24.0 Å². The molecule has 4 heteroatoms. The van der Waals surface area contributed by atoms with Crippen molar-refractivity contribution in [1.29, 1.82) is 0 Å². The maximum Gasteiger partial charge on any atom is 0.191 e. The number of aliphatic imine (C=N–C) groups is 1. The number of nitrogens with zero attached hydrogens (tertiary/aromatic N) is 2. The molecular formula is C23H26N4. The molecule has 0 atom stereocenters. The van der Waals surface area contributed by atoms with Crippen LogP contribution in [0.5, 0.6) is 0 Å². The Morgan fingerprint density at radius 2 is 1.81 bits per heavy atom. The van der Waals surface area contributed by atoms with Crippen molar-refractivity contribution in [3.63, 3.8) is 0 Å². The van der Waals surface area contributed by atoms with Gasteiger partial charge in [0.15, 0.2) is 5.96 Å². The lowest BCUT2D eigenvalue weighted by Crippen LogP contribution is -2.41. The summed E-state index contributed by atoms with van der Waals surface area (Å²) < 4.78 is 0. The monoisotopic (exact) mass is 358 g/mol. The van der Waals surface area contributed by atoms with Gasteiger partial charge in [0.2, 0.25) is 0 Å². The van der Waals surface area contributed by atoms with E-state index < -0.39 is 0 Å². The van der Waals surface area contributed by atoms with E-state index in [0.29, 0.717) is 6.54 Å². The Labute approximate surface area is 160 Å². The van der Waals surface area contributed by atoms with E-state index in [0.717, 1.165) is 35.5 Å². The van der Waals surface area contributed by atoms with Gasteiger partial charge in [-0.3, -0.25) is 4.98 Å². The van der Waals surface area contributed by atoms with Gasteiger partial charge in [0.1, 0.15) is 0 Å². The highest BCUT2D eigenvalue weighted by molar-refractivity contribution is 5.83. The maximum absolute atomic E-state index is 4.81. The van der Waals surface area contributed by atoms with Crippen molar-refractivity contribution in [2.75, 3.05) is 13.1 Å². The van der Waals surface area contributed by atoms with E-state index in [1.54, 1.807) is 0 Å². The van der Waals surface area contributed by atoms with Crippen molar-refractivity contribution in [1.82, 2.24) is 15.6 Å². The standard InChI is InChI=1S/C23H26N4/c1-2-24-22(27-17-23(13-14-23)20-11-4-3-5-12-20)26-16-19-9-6-8-18-10-7-15-25-21(18)19/h3-12,15H,2,13-14,16-17H2,1H3,(H2,24,26,27). The molecule has 0 unspecified atom stereocenters. The molecule has 1 aliphatic rings. The normalized spacial score (nSPS) is 15.5. The van der Waals surface area contributed by atoms with Crippen LogP contribution in [0.15, 0.2) is 71.9 Å². The SMILES string of the molecule is CCNC(=NCc1cccc2cccnc12)NCC1(c2ccccc2)CC1. The van der Waals surface area contributed by atoms with Crippen molar-refractivity contribution in [3.8, 4) is 0 Å². The van der Waals surface area contributed by atoms with E-state index in [9.17, 15) is 0 Å². The number of fused-ring (bicyclic) bond motifs is 1. The van der Waals surface area contributed by atoms with Crippen LogP contribution in [0.2, 0.25) is 0 Å². The number of benzene rings is 2. The first-order valence-corrected chi connectivity index (χ1v) is 9.71. The van der Waals surface area contributed by atoms with E-state index in [4.69, 9.17) is 4.99 Å². The van der Waals surface area contributed by atoms with Crippen molar-refractivity contribution >= 4 is 16.9 Å². The minimum absolute atomic E-state index is 0.262. The number of para-hydroxylation sites is 1. The molecule has 2 N–H and O–H groups in total. The zero-order valence-electron chi connectivity index (χ0n) is 15.8. The number of pyridine rings is 1. The summed E-state index contributed by atoms with van der Waals surface area (Å²) in [7, 11) is 0. The van der Waals surface area contributed by atoms with Crippen molar-refractivity contribution in [3.05, 3.63) is 78.0 Å². The Balaban J connectivity index is 1.48. The minimum Gasteiger partial charge on any atom is -0.357 e. The third kappa shape index (κ3) is 3.95. The van der Waals surface area contributed by atoms with E-state index >= 15 is 0 Å². The number of hydrogen-bond acceptors (Lipinski definition) is 2. The summed E-state index contributed by atoms with van der Waals surface area (Å²) in [4.78, 5) is 9.34. The Hall–Kier alpha value is -2.88. The van der Waals surface area contributed by atoms with E-state index in [1.807, 2.05) is 12.3 Å². The van der Waals surface area contributed by atoms with Crippen LogP contribution in [0, 0.1) is 0 Å². The summed E-state index contributed by atoms with van der Waals surface area (Å²) in [6.07, 6.45) is 4.31. The summed E-state index contributed by atoms with van der Waals surface area (Å²) in [5.41, 5.74) is 3.86. The fourth-order valence-corrected chi connectivity index (χ4v) is 3.56. The average Bonchev–Trinajstić information content (AvgIpc) is 3.52. The summed E-state index contributed by atoms with van der Waals surface area (Å²) in [5.74, 6) is 0.868. The highest BCUT2D eigenvalue weighted by Crippen LogP contribution is 2.47. The van der Waals surface area contributed by atoms with Crippen LogP contribution < -0.4 is 10.6 Å². The fraction of sp³-hybridized carbons (Fsp3) is 0.304. The third-order valence-electron chi connectivity index (χ3n) is 5.30. The van der Waals surface area contributed by atoms with Crippen LogP contribution in [-0.2, 0) is 12.0 Å². The van der Waals surface area contributed by atoms with Gasteiger partial charge in [0, 0.05) is 30.1 Å². The molecule has 0 saturated heterocycles. The van der Waals surface area contributed by atoms with Crippen LogP contribution in [0.4, 0.5) is 0 Å². The Kier molecular flexibility index (Phi) is 5.05.